The molecule has 1 saturated heterocycles. The molecule has 1 aromatic heterocycles. The number of anilines is 1. The van der Waals surface area contributed by atoms with Crippen molar-refractivity contribution in [2.75, 3.05) is 18.0 Å². The highest BCUT2D eigenvalue weighted by Crippen LogP contribution is 2.44. The molecule has 0 amide bonds. The van der Waals surface area contributed by atoms with E-state index in [9.17, 15) is 4.79 Å². The number of hydrogen-bond donors (Lipinski definition) is 1. The van der Waals surface area contributed by atoms with Gasteiger partial charge in [0.05, 0.1) is 5.56 Å². The van der Waals surface area contributed by atoms with Crippen LogP contribution in [-0.2, 0) is 10.3 Å². The van der Waals surface area contributed by atoms with E-state index in [0.29, 0.717) is 11.5 Å². The fourth-order valence-corrected chi connectivity index (χ4v) is 4.65. The molecule has 0 atom stereocenters. The number of fused-ring (bicyclic) bond motifs is 3. The van der Waals surface area contributed by atoms with E-state index >= 15 is 0 Å². The van der Waals surface area contributed by atoms with Gasteiger partial charge in [-0.25, -0.2) is 4.79 Å². The predicted octanol–water partition coefficient (Wildman–Crippen LogP) is 4.29. The maximum Gasteiger partial charge on any atom is 0.339 e. The zero-order valence-electron chi connectivity index (χ0n) is 16.3. The third-order valence-corrected chi connectivity index (χ3v) is 6.28. The summed E-state index contributed by atoms with van der Waals surface area (Å²) in [6.45, 7) is 1.47. The van der Waals surface area contributed by atoms with Gasteiger partial charge >= 0.3 is 5.97 Å². The monoisotopic (exact) mass is 396 g/mol. The molecular weight excluding hydrogens is 376 g/mol. The number of hydrogen-bond acceptors (Lipinski definition) is 5. The number of carbonyl (C=O) groups is 1. The molecule has 1 spiro atoms. The Kier molecular flexibility index (Phi) is 3.68. The van der Waals surface area contributed by atoms with Crippen LogP contribution in [0.1, 0.15) is 28.8 Å². The molecule has 0 aliphatic carbocycles. The summed E-state index contributed by atoms with van der Waals surface area (Å²) in [5, 5.41) is 9.91. The number of H-pyrrole nitrogens is 1. The van der Waals surface area contributed by atoms with Gasteiger partial charge in [-0.15, -0.1) is 5.10 Å². The van der Waals surface area contributed by atoms with Crippen LogP contribution in [0, 0.1) is 0 Å². The Bertz CT molecular complexity index is 1270. The molecule has 1 fully saturated rings. The molecule has 0 unspecified atom stereocenters. The lowest BCUT2D eigenvalue weighted by Crippen LogP contribution is -2.43. The fraction of sp³-hybridized carbons (Fsp3) is 0.208. The van der Waals surface area contributed by atoms with Crippen LogP contribution in [0.25, 0.3) is 22.2 Å². The van der Waals surface area contributed by atoms with Crippen molar-refractivity contribution in [1.29, 1.82) is 0 Å². The molecule has 3 aromatic carbocycles. The summed E-state index contributed by atoms with van der Waals surface area (Å²) in [6, 6.07) is 22.3. The van der Waals surface area contributed by atoms with Gasteiger partial charge < -0.3 is 9.64 Å². The van der Waals surface area contributed by atoms with Gasteiger partial charge in [0.1, 0.15) is 5.60 Å². The van der Waals surface area contributed by atoms with Gasteiger partial charge in [0.25, 0.3) is 0 Å². The highest BCUT2D eigenvalue weighted by atomic mass is 16.6. The highest BCUT2D eigenvalue weighted by molar-refractivity contribution is 5.94. The minimum atomic E-state index is -0.512. The number of nitrogens with zero attached hydrogens (tertiary/aromatic N) is 3. The number of ether oxygens (including phenoxy) is 1. The third-order valence-electron chi connectivity index (χ3n) is 6.28. The van der Waals surface area contributed by atoms with Crippen LogP contribution in [0.3, 0.4) is 0 Å². The zero-order valence-corrected chi connectivity index (χ0v) is 16.3. The van der Waals surface area contributed by atoms with E-state index in [0.717, 1.165) is 42.9 Å². The Morgan fingerprint density at radius 1 is 0.933 bits per heavy atom. The minimum absolute atomic E-state index is 0.212. The standard InChI is InChI=1S/C24H20N4O2/c29-22-19-7-3-4-8-20(19)24(30-22)11-13-28(14-12-24)23-25-21(26-27-23)18-10-9-16-5-1-2-6-17(16)15-18/h1-10,15H,11-14H2,(H,25,26,27). The van der Waals surface area contributed by atoms with Crippen molar-refractivity contribution in [2.45, 2.75) is 18.4 Å². The number of aromatic amines is 1. The summed E-state index contributed by atoms with van der Waals surface area (Å²) >= 11 is 0. The largest absolute Gasteiger partial charge is 0.450 e. The van der Waals surface area contributed by atoms with Gasteiger partial charge in [-0.2, -0.15) is 4.98 Å². The average molecular weight is 396 g/mol. The predicted molar refractivity (Wildman–Crippen MR) is 114 cm³/mol. The van der Waals surface area contributed by atoms with E-state index in [1.54, 1.807) is 0 Å². The first-order valence-corrected chi connectivity index (χ1v) is 10.2. The SMILES string of the molecule is O=C1OC2(CCN(c3n[nH]c(-c4ccc5ccccc5c4)n3)CC2)c2ccccc21. The van der Waals surface area contributed by atoms with Crippen molar-refractivity contribution in [3.05, 3.63) is 77.9 Å². The van der Waals surface area contributed by atoms with Crippen LogP contribution in [0.15, 0.2) is 66.7 Å². The Balaban J connectivity index is 1.23. The molecule has 30 heavy (non-hydrogen) atoms. The minimum Gasteiger partial charge on any atom is -0.450 e. The molecular formula is C24H20N4O2. The van der Waals surface area contributed by atoms with Crippen molar-refractivity contribution in [1.82, 2.24) is 15.2 Å². The second kappa shape index (κ2) is 6.42. The number of rotatable bonds is 2. The van der Waals surface area contributed by atoms with Crippen molar-refractivity contribution in [3.63, 3.8) is 0 Å². The van der Waals surface area contributed by atoms with Crippen LogP contribution in [0.4, 0.5) is 5.95 Å². The fourth-order valence-electron chi connectivity index (χ4n) is 4.65. The molecule has 4 aromatic rings. The van der Waals surface area contributed by atoms with Crippen molar-refractivity contribution < 1.29 is 9.53 Å². The van der Waals surface area contributed by atoms with Crippen molar-refractivity contribution >= 4 is 22.7 Å². The molecule has 148 valence electrons. The summed E-state index contributed by atoms with van der Waals surface area (Å²) in [6.07, 6.45) is 1.46. The molecule has 0 saturated carbocycles. The summed E-state index contributed by atoms with van der Waals surface area (Å²) in [5.41, 5.74) is 2.21. The highest BCUT2D eigenvalue weighted by Gasteiger charge is 2.47. The molecule has 6 nitrogen and oxygen atoms in total. The summed E-state index contributed by atoms with van der Waals surface area (Å²) < 4.78 is 5.85. The van der Waals surface area contributed by atoms with Crippen molar-refractivity contribution in [3.8, 4) is 11.4 Å². The zero-order chi connectivity index (χ0) is 20.1. The van der Waals surface area contributed by atoms with Gasteiger partial charge in [0.2, 0.25) is 5.95 Å². The van der Waals surface area contributed by atoms with E-state index < -0.39 is 5.60 Å². The van der Waals surface area contributed by atoms with E-state index in [-0.39, 0.29) is 5.97 Å². The van der Waals surface area contributed by atoms with Gasteiger partial charge in [-0.1, -0.05) is 54.6 Å². The summed E-state index contributed by atoms with van der Waals surface area (Å²) in [4.78, 5) is 19.2. The maximum absolute atomic E-state index is 12.3. The Labute approximate surface area is 173 Å². The lowest BCUT2D eigenvalue weighted by molar-refractivity contribution is -0.0211. The average Bonchev–Trinajstić information content (AvgIpc) is 3.39. The molecule has 2 aliphatic heterocycles. The Morgan fingerprint density at radius 2 is 1.70 bits per heavy atom. The van der Waals surface area contributed by atoms with Gasteiger partial charge in [-0.05, 0) is 22.9 Å². The van der Waals surface area contributed by atoms with E-state index in [1.807, 2.05) is 36.4 Å². The normalized spacial score (nSPS) is 17.3. The topological polar surface area (TPSA) is 71.1 Å². The molecule has 2 aliphatic rings. The number of benzene rings is 3. The number of nitrogens with one attached hydrogen (secondary N) is 1. The molecule has 1 N–H and O–H groups in total. The van der Waals surface area contributed by atoms with E-state index in [2.05, 4.69) is 45.4 Å². The lowest BCUT2D eigenvalue weighted by atomic mass is 9.84. The summed E-state index contributed by atoms with van der Waals surface area (Å²) in [7, 11) is 0. The third kappa shape index (κ3) is 2.60. The van der Waals surface area contributed by atoms with Gasteiger partial charge in [0.15, 0.2) is 5.82 Å². The van der Waals surface area contributed by atoms with Crippen LogP contribution in [-0.4, -0.2) is 34.2 Å². The maximum atomic E-state index is 12.3. The van der Waals surface area contributed by atoms with Crippen LogP contribution >= 0.6 is 0 Å². The number of carbonyl (C=O) groups excluding carboxylic acids is 1. The lowest BCUT2D eigenvalue weighted by Gasteiger charge is -2.38. The smallest absolute Gasteiger partial charge is 0.339 e. The first kappa shape index (κ1) is 17.2. The summed E-state index contributed by atoms with van der Waals surface area (Å²) in [5.74, 6) is 1.23. The van der Waals surface area contributed by atoms with Crippen molar-refractivity contribution in [2.24, 2.45) is 0 Å². The molecule has 6 heteroatoms. The number of piperidine rings is 1. The Morgan fingerprint density at radius 3 is 2.57 bits per heavy atom. The second-order valence-corrected chi connectivity index (χ2v) is 7.96. The molecule has 0 bridgehead atoms. The van der Waals surface area contributed by atoms with Gasteiger partial charge in [0, 0.05) is 37.1 Å². The van der Waals surface area contributed by atoms with Crippen LogP contribution < -0.4 is 4.90 Å². The first-order chi connectivity index (χ1) is 14.7. The van der Waals surface area contributed by atoms with Crippen LogP contribution in [0.2, 0.25) is 0 Å². The number of aromatic nitrogens is 3. The molecule has 3 heterocycles. The van der Waals surface area contributed by atoms with Crippen LogP contribution in [0.5, 0.6) is 0 Å². The quantitative estimate of drug-likeness (QED) is 0.512. The second-order valence-electron chi connectivity index (χ2n) is 7.96. The molecule has 6 rings (SSSR count). The van der Waals surface area contributed by atoms with Gasteiger partial charge in [-0.3, -0.25) is 5.10 Å². The Hall–Kier alpha value is -3.67. The van der Waals surface area contributed by atoms with E-state index in [4.69, 9.17) is 9.72 Å². The number of esters is 1. The van der Waals surface area contributed by atoms with E-state index in [1.165, 1.54) is 10.8 Å². The first-order valence-electron chi connectivity index (χ1n) is 10.2. The molecule has 0 radical (unpaired) electrons.